The van der Waals surface area contributed by atoms with Crippen LogP contribution in [0, 0.1) is 0 Å². The van der Waals surface area contributed by atoms with Crippen LogP contribution in [0.3, 0.4) is 0 Å². The van der Waals surface area contributed by atoms with E-state index in [2.05, 4.69) is 5.32 Å². The zero-order valence-electron chi connectivity index (χ0n) is 9.95. The number of ether oxygens (including phenoxy) is 1. The second kappa shape index (κ2) is 4.20. The van der Waals surface area contributed by atoms with E-state index in [-0.39, 0.29) is 5.91 Å². The van der Waals surface area contributed by atoms with E-state index >= 15 is 0 Å². The summed E-state index contributed by atoms with van der Waals surface area (Å²) in [5.74, 6) is 0.483. The van der Waals surface area contributed by atoms with Crippen molar-refractivity contribution in [2.75, 3.05) is 5.32 Å². The van der Waals surface area contributed by atoms with E-state index < -0.39 is 5.60 Å². The monoisotopic (exact) mass is 233 g/mol. The summed E-state index contributed by atoms with van der Waals surface area (Å²) >= 11 is 0. The molecule has 1 aromatic rings. The van der Waals surface area contributed by atoms with Gasteiger partial charge in [-0.25, -0.2) is 0 Å². The lowest BCUT2D eigenvalue weighted by Gasteiger charge is -2.36. The van der Waals surface area contributed by atoms with E-state index in [0.717, 1.165) is 6.29 Å². The van der Waals surface area contributed by atoms with Crippen LogP contribution in [0.2, 0.25) is 0 Å². The van der Waals surface area contributed by atoms with Crippen LogP contribution in [0.5, 0.6) is 5.75 Å². The van der Waals surface area contributed by atoms with Crippen LogP contribution in [-0.4, -0.2) is 17.8 Å². The van der Waals surface area contributed by atoms with Gasteiger partial charge in [-0.2, -0.15) is 0 Å². The summed E-state index contributed by atoms with van der Waals surface area (Å²) < 4.78 is 5.80. The minimum atomic E-state index is -0.782. The van der Waals surface area contributed by atoms with Gasteiger partial charge in [0, 0.05) is 5.56 Å². The molecule has 2 rings (SSSR count). The molecule has 0 spiro atoms. The van der Waals surface area contributed by atoms with Crippen molar-refractivity contribution in [3.8, 4) is 5.75 Å². The maximum Gasteiger partial charge on any atom is 0.268 e. The van der Waals surface area contributed by atoms with Gasteiger partial charge in [0.25, 0.3) is 5.91 Å². The highest BCUT2D eigenvalue weighted by atomic mass is 16.5. The minimum absolute atomic E-state index is 0.141. The van der Waals surface area contributed by atoms with Crippen molar-refractivity contribution in [3.63, 3.8) is 0 Å². The van der Waals surface area contributed by atoms with Crippen molar-refractivity contribution < 1.29 is 14.3 Å². The Morgan fingerprint density at radius 2 is 2.06 bits per heavy atom. The summed E-state index contributed by atoms with van der Waals surface area (Å²) in [5, 5.41) is 2.80. The molecule has 1 aliphatic rings. The molecule has 0 fully saturated rings. The molecule has 1 N–H and O–H groups in total. The van der Waals surface area contributed by atoms with E-state index in [4.69, 9.17) is 4.74 Å². The third kappa shape index (κ3) is 1.79. The molecule has 17 heavy (non-hydrogen) atoms. The van der Waals surface area contributed by atoms with Crippen LogP contribution < -0.4 is 10.1 Å². The average Bonchev–Trinajstić information content (AvgIpc) is 2.37. The van der Waals surface area contributed by atoms with Crippen LogP contribution >= 0.6 is 0 Å². The smallest absolute Gasteiger partial charge is 0.268 e. The number of benzene rings is 1. The number of fused-ring (bicyclic) bond motifs is 1. The van der Waals surface area contributed by atoms with Gasteiger partial charge in [0.1, 0.15) is 12.0 Å². The first-order valence-electron chi connectivity index (χ1n) is 5.75. The zero-order valence-corrected chi connectivity index (χ0v) is 9.95. The van der Waals surface area contributed by atoms with Gasteiger partial charge in [-0.15, -0.1) is 0 Å². The summed E-state index contributed by atoms with van der Waals surface area (Å²) in [5.41, 5.74) is 0.306. The zero-order chi connectivity index (χ0) is 12.5. The Bertz CT molecular complexity index is 464. The molecule has 1 heterocycles. The SMILES string of the molecule is CCC1(CC)Oc2ccc(C=O)cc2NC1=O. The summed E-state index contributed by atoms with van der Waals surface area (Å²) in [6, 6.07) is 5.02. The number of carbonyl (C=O) groups is 2. The largest absolute Gasteiger partial charge is 0.475 e. The van der Waals surface area contributed by atoms with Gasteiger partial charge in [-0.1, -0.05) is 13.8 Å². The van der Waals surface area contributed by atoms with Crippen LogP contribution in [0.25, 0.3) is 0 Å². The Hall–Kier alpha value is -1.84. The molecule has 0 saturated heterocycles. The van der Waals surface area contributed by atoms with Crippen LogP contribution in [0.1, 0.15) is 37.0 Å². The summed E-state index contributed by atoms with van der Waals surface area (Å²) in [4.78, 5) is 22.7. The standard InChI is InChI=1S/C13H15NO3/c1-3-13(4-2)12(16)14-10-7-9(8-15)5-6-11(10)17-13/h5-8H,3-4H2,1-2H3,(H,14,16). The van der Waals surface area contributed by atoms with Gasteiger partial charge in [0.15, 0.2) is 5.60 Å². The predicted octanol–water partition coefficient (Wildman–Crippen LogP) is 2.39. The van der Waals surface area contributed by atoms with E-state index in [1.54, 1.807) is 18.2 Å². The molecule has 0 aliphatic carbocycles. The van der Waals surface area contributed by atoms with Gasteiger partial charge >= 0.3 is 0 Å². The molecule has 4 heteroatoms. The van der Waals surface area contributed by atoms with Gasteiger partial charge in [0.05, 0.1) is 5.69 Å². The number of carbonyl (C=O) groups excluding carboxylic acids is 2. The first-order chi connectivity index (χ1) is 8.15. The highest BCUT2D eigenvalue weighted by Crippen LogP contribution is 2.36. The van der Waals surface area contributed by atoms with Gasteiger partial charge in [-0.3, -0.25) is 9.59 Å². The maximum atomic E-state index is 12.0. The van der Waals surface area contributed by atoms with Crippen LogP contribution in [0.4, 0.5) is 5.69 Å². The quantitative estimate of drug-likeness (QED) is 0.815. The van der Waals surface area contributed by atoms with Crippen molar-refractivity contribution in [1.29, 1.82) is 0 Å². The minimum Gasteiger partial charge on any atom is -0.475 e. The van der Waals surface area contributed by atoms with Gasteiger partial charge in [-0.05, 0) is 31.0 Å². The fraction of sp³-hybridized carbons (Fsp3) is 0.385. The number of rotatable bonds is 3. The molecule has 0 aromatic heterocycles. The number of hydrogen-bond acceptors (Lipinski definition) is 3. The van der Waals surface area contributed by atoms with Crippen molar-refractivity contribution in [2.45, 2.75) is 32.3 Å². The van der Waals surface area contributed by atoms with Crippen LogP contribution in [-0.2, 0) is 4.79 Å². The first-order valence-corrected chi connectivity index (χ1v) is 5.75. The van der Waals surface area contributed by atoms with Gasteiger partial charge < -0.3 is 10.1 Å². The fourth-order valence-corrected chi connectivity index (χ4v) is 2.02. The third-order valence-electron chi connectivity index (χ3n) is 3.25. The summed E-state index contributed by atoms with van der Waals surface area (Å²) in [6.07, 6.45) is 1.97. The van der Waals surface area contributed by atoms with Gasteiger partial charge in [0.2, 0.25) is 0 Å². The van der Waals surface area contributed by atoms with Crippen molar-refractivity contribution in [3.05, 3.63) is 23.8 Å². The Kier molecular flexibility index (Phi) is 2.88. The summed E-state index contributed by atoms with van der Waals surface area (Å²) in [7, 11) is 0. The molecule has 0 radical (unpaired) electrons. The molecule has 90 valence electrons. The highest BCUT2D eigenvalue weighted by Gasteiger charge is 2.41. The lowest BCUT2D eigenvalue weighted by Crippen LogP contribution is -2.49. The average molecular weight is 233 g/mol. The summed E-state index contributed by atoms with van der Waals surface area (Å²) in [6.45, 7) is 3.85. The molecule has 0 saturated carbocycles. The number of nitrogens with one attached hydrogen (secondary N) is 1. The van der Waals surface area contributed by atoms with E-state index in [1.807, 2.05) is 13.8 Å². The normalized spacial score (nSPS) is 16.7. The van der Waals surface area contributed by atoms with Crippen molar-refractivity contribution >= 4 is 17.9 Å². The topological polar surface area (TPSA) is 55.4 Å². The van der Waals surface area contributed by atoms with E-state index in [1.165, 1.54) is 0 Å². The molecular formula is C13H15NO3. The second-order valence-corrected chi connectivity index (χ2v) is 4.13. The number of anilines is 1. The Labute approximate surface area is 100.0 Å². The molecule has 1 aromatic carbocycles. The molecule has 4 nitrogen and oxygen atoms in total. The lowest BCUT2D eigenvalue weighted by molar-refractivity contribution is -0.133. The first kappa shape index (κ1) is 11.6. The van der Waals surface area contributed by atoms with Crippen LogP contribution in [0.15, 0.2) is 18.2 Å². The number of amides is 1. The Morgan fingerprint density at radius 1 is 1.35 bits per heavy atom. The molecular weight excluding hydrogens is 218 g/mol. The molecule has 0 atom stereocenters. The highest BCUT2D eigenvalue weighted by molar-refractivity contribution is 6.01. The van der Waals surface area contributed by atoms with Crippen molar-refractivity contribution in [2.24, 2.45) is 0 Å². The number of hydrogen-bond donors (Lipinski definition) is 1. The Balaban J connectivity index is 2.42. The maximum absolute atomic E-state index is 12.0. The lowest BCUT2D eigenvalue weighted by atomic mass is 9.94. The molecule has 0 unspecified atom stereocenters. The Morgan fingerprint density at radius 3 is 2.65 bits per heavy atom. The van der Waals surface area contributed by atoms with E-state index in [0.29, 0.717) is 29.8 Å². The molecule has 1 amide bonds. The number of aldehydes is 1. The van der Waals surface area contributed by atoms with E-state index in [9.17, 15) is 9.59 Å². The predicted molar refractivity (Wildman–Crippen MR) is 64.4 cm³/mol. The molecule has 0 bridgehead atoms. The second-order valence-electron chi connectivity index (χ2n) is 4.13. The van der Waals surface area contributed by atoms with Crippen molar-refractivity contribution in [1.82, 2.24) is 0 Å². The third-order valence-corrected chi connectivity index (χ3v) is 3.25. The molecule has 1 aliphatic heterocycles. The fourth-order valence-electron chi connectivity index (χ4n) is 2.02.